The van der Waals surface area contributed by atoms with E-state index in [1.54, 1.807) is 10.6 Å². The third-order valence-electron chi connectivity index (χ3n) is 5.47. The molecule has 1 atom stereocenters. The van der Waals surface area contributed by atoms with Gasteiger partial charge < -0.3 is 5.32 Å². The van der Waals surface area contributed by atoms with E-state index in [9.17, 15) is 9.59 Å². The summed E-state index contributed by atoms with van der Waals surface area (Å²) in [5.74, 6) is 0.807. The summed E-state index contributed by atoms with van der Waals surface area (Å²) in [5.41, 5.74) is 1.51. The number of amides is 1. The van der Waals surface area contributed by atoms with Crippen LogP contribution < -0.4 is 10.9 Å². The van der Waals surface area contributed by atoms with E-state index in [4.69, 9.17) is 11.6 Å². The molecule has 172 valence electrons. The van der Waals surface area contributed by atoms with Crippen molar-refractivity contribution in [3.05, 3.63) is 69.5 Å². The minimum Gasteiger partial charge on any atom is -0.351 e. The van der Waals surface area contributed by atoms with Crippen LogP contribution in [0.5, 0.6) is 0 Å². The van der Waals surface area contributed by atoms with E-state index in [-0.39, 0.29) is 11.5 Å². The van der Waals surface area contributed by atoms with Crippen molar-refractivity contribution in [1.82, 2.24) is 24.5 Å². The number of aromatic nitrogens is 4. The number of nitrogens with zero attached hydrogens (tertiary/aromatic N) is 4. The van der Waals surface area contributed by atoms with Crippen LogP contribution in [0.4, 0.5) is 0 Å². The molecule has 1 N–H and O–H groups in total. The fourth-order valence-corrected chi connectivity index (χ4v) is 4.66. The minimum atomic E-state index is -0.422. The highest BCUT2D eigenvalue weighted by Crippen LogP contribution is 2.25. The number of carbonyl (C=O) groups excluding carboxylic acids is 1. The first-order valence-corrected chi connectivity index (χ1v) is 12.2. The largest absolute Gasteiger partial charge is 0.351 e. The molecule has 4 aromatic rings. The quantitative estimate of drug-likeness (QED) is 0.372. The average molecular weight is 484 g/mol. The molecule has 1 amide bonds. The van der Waals surface area contributed by atoms with Crippen molar-refractivity contribution in [3.63, 3.8) is 0 Å². The number of thioether (sulfide) groups is 1. The van der Waals surface area contributed by atoms with Gasteiger partial charge in [0.15, 0.2) is 5.16 Å². The monoisotopic (exact) mass is 483 g/mol. The zero-order chi connectivity index (χ0) is 23.5. The Bertz CT molecular complexity index is 1360. The van der Waals surface area contributed by atoms with Crippen molar-refractivity contribution < 1.29 is 4.79 Å². The first-order valence-electron chi connectivity index (χ1n) is 10.9. The van der Waals surface area contributed by atoms with Gasteiger partial charge in [-0.25, -0.2) is 0 Å². The second-order valence-electron chi connectivity index (χ2n) is 8.34. The lowest BCUT2D eigenvalue weighted by atomic mass is 10.1. The molecule has 2 aromatic carbocycles. The second-order valence-corrected chi connectivity index (χ2v) is 10.1. The van der Waals surface area contributed by atoms with Crippen LogP contribution >= 0.6 is 23.4 Å². The van der Waals surface area contributed by atoms with Crippen molar-refractivity contribution >= 4 is 46.0 Å². The lowest BCUT2D eigenvalue weighted by Gasteiger charge is -2.14. The number of aryl methyl sites for hydroxylation is 1. The van der Waals surface area contributed by atoms with Gasteiger partial charge in [0.25, 0.3) is 5.56 Å². The molecule has 9 heteroatoms. The predicted molar refractivity (Wildman–Crippen MR) is 133 cm³/mol. The van der Waals surface area contributed by atoms with E-state index >= 15 is 0 Å². The van der Waals surface area contributed by atoms with Crippen LogP contribution in [0.2, 0.25) is 5.02 Å². The van der Waals surface area contributed by atoms with E-state index in [1.807, 2.05) is 53.8 Å². The van der Waals surface area contributed by atoms with Crippen LogP contribution in [0.25, 0.3) is 16.7 Å². The van der Waals surface area contributed by atoms with Crippen LogP contribution in [-0.4, -0.2) is 30.3 Å². The first kappa shape index (κ1) is 23.3. The molecule has 0 spiro atoms. The molecule has 33 heavy (non-hydrogen) atoms. The summed E-state index contributed by atoms with van der Waals surface area (Å²) < 4.78 is 3.56. The Morgan fingerprint density at radius 2 is 1.82 bits per heavy atom. The van der Waals surface area contributed by atoms with Gasteiger partial charge in [0.1, 0.15) is 0 Å². The average Bonchev–Trinajstić information content (AvgIpc) is 3.21. The summed E-state index contributed by atoms with van der Waals surface area (Å²) in [5, 5.41) is 13.0. The molecular weight excluding hydrogens is 458 g/mol. The Balaban J connectivity index is 1.63. The zero-order valence-electron chi connectivity index (χ0n) is 18.8. The highest BCUT2D eigenvalue weighted by atomic mass is 35.5. The Hall–Kier alpha value is -2.84. The number of nitrogens with one attached hydrogen (secondary N) is 1. The van der Waals surface area contributed by atoms with Gasteiger partial charge in [-0.1, -0.05) is 67.5 Å². The minimum absolute atomic E-state index is 0.0757. The molecule has 1 unspecified atom stereocenters. The number of fused-ring (bicyclic) bond motifs is 3. The Morgan fingerprint density at radius 3 is 2.58 bits per heavy atom. The van der Waals surface area contributed by atoms with Gasteiger partial charge in [-0.2, -0.15) is 0 Å². The van der Waals surface area contributed by atoms with E-state index in [0.717, 1.165) is 17.5 Å². The van der Waals surface area contributed by atoms with Gasteiger partial charge in [-0.3, -0.25) is 18.6 Å². The SMILES string of the molecule is CC(C)CCn1c(=O)c2ccccc2n2c(SC(C)C(=O)NCc3ccccc3Cl)nnc12. The molecule has 0 saturated carbocycles. The number of carbonyl (C=O) groups is 1. The van der Waals surface area contributed by atoms with Crippen LogP contribution in [0.15, 0.2) is 58.5 Å². The van der Waals surface area contributed by atoms with Gasteiger partial charge in [0, 0.05) is 18.1 Å². The van der Waals surface area contributed by atoms with Gasteiger partial charge in [-0.05, 0) is 43.0 Å². The molecule has 0 radical (unpaired) electrons. The fourth-order valence-electron chi connectivity index (χ4n) is 3.58. The van der Waals surface area contributed by atoms with Gasteiger partial charge in [0.05, 0.1) is 16.2 Å². The molecule has 0 aliphatic heterocycles. The lowest BCUT2D eigenvalue weighted by Crippen LogP contribution is -2.30. The molecule has 2 heterocycles. The topological polar surface area (TPSA) is 81.3 Å². The smallest absolute Gasteiger partial charge is 0.262 e. The number of rotatable bonds is 8. The summed E-state index contributed by atoms with van der Waals surface area (Å²) in [4.78, 5) is 25.9. The molecule has 0 fully saturated rings. The summed E-state index contributed by atoms with van der Waals surface area (Å²) in [7, 11) is 0. The maximum atomic E-state index is 13.1. The third kappa shape index (κ3) is 4.91. The normalized spacial score (nSPS) is 12.5. The van der Waals surface area contributed by atoms with E-state index in [0.29, 0.717) is 40.4 Å². The van der Waals surface area contributed by atoms with Crippen molar-refractivity contribution in [2.24, 2.45) is 5.92 Å². The van der Waals surface area contributed by atoms with Gasteiger partial charge in [0.2, 0.25) is 11.7 Å². The fraction of sp³-hybridized carbons (Fsp3) is 0.333. The molecule has 4 rings (SSSR count). The lowest BCUT2D eigenvalue weighted by molar-refractivity contribution is -0.120. The number of halogens is 1. The standard InChI is InChI=1S/C24H26ClN5O2S/c1-15(2)12-13-29-22(32)18-9-5-7-11-20(18)30-23(29)27-28-24(30)33-16(3)21(31)26-14-17-8-4-6-10-19(17)25/h4-11,15-16H,12-14H2,1-3H3,(H,26,31). The van der Waals surface area contributed by atoms with Crippen molar-refractivity contribution in [2.45, 2.75) is 50.7 Å². The predicted octanol–water partition coefficient (Wildman–Crippen LogP) is 4.54. The van der Waals surface area contributed by atoms with Crippen LogP contribution in [0.1, 0.15) is 32.8 Å². The summed E-state index contributed by atoms with van der Waals surface area (Å²) in [6, 6.07) is 14.9. The second kappa shape index (κ2) is 9.97. The molecule has 0 aliphatic carbocycles. The van der Waals surface area contributed by atoms with Gasteiger partial charge >= 0.3 is 0 Å². The summed E-state index contributed by atoms with van der Waals surface area (Å²) in [6.45, 7) is 6.97. The molecule has 0 bridgehead atoms. The number of para-hydroxylation sites is 1. The number of benzene rings is 2. The maximum Gasteiger partial charge on any atom is 0.262 e. The Labute approximate surface area is 201 Å². The summed E-state index contributed by atoms with van der Waals surface area (Å²) in [6.07, 6.45) is 0.851. The highest BCUT2D eigenvalue weighted by Gasteiger charge is 2.21. The number of hydrogen-bond acceptors (Lipinski definition) is 5. The molecular formula is C24H26ClN5O2S. The van der Waals surface area contributed by atoms with E-state index in [2.05, 4.69) is 29.4 Å². The first-order chi connectivity index (χ1) is 15.9. The van der Waals surface area contributed by atoms with E-state index in [1.165, 1.54) is 11.8 Å². The third-order valence-corrected chi connectivity index (χ3v) is 6.88. The van der Waals surface area contributed by atoms with Crippen LogP contribution in [0.3, 0.4) is 0 Å². The Kier molecular flexibility index (Phi) is 7.05. The molecule has 0 aliphatic rings. The summed E-state index contributed by atoms with van der Waals surface area (Å²) >= 11 is 7.50. The zero-order valence-corrected chi connectivity index (χ0v) is 20.4. The maximum absolute atomic E-state index is 13.1. The number of hydrogen-bond donors (Lipinski definition) is 1. The molecule has 0 saturated heterocycles. The Morgan fingerprint density at radius 1 is 1.09 bits per heavy atom. The van der Waals surface area contributed by atoms with Crippen LogP contribution in [-0.2, 0) is 17.9 Å². The van der Waals surface area contributed by atoms with Crippen molar-refractivity contribution in [3.8, 4) is 0 Å². The van der Waals surface area contributed by atoms with Gasteiger partial charge in [-0.15, -0.1) is 10.2 Å². The highest BCUT2D eigenvalue weighted by molar-refractivity contribution is 8.00. The van der Waals surface area contributed by atoms with E-state index < -0.39 is 5.25 Å². The van der Waals surface area contributed by atoms with Crippen LogP contribution in [0, 0.1) is 5.92 Å². The van der Waals surface area contributed by atoms with Crippen molar-refractivity contribution in [1.29, 1.82) is 0 Å². The molecule has 2 aromatic heterocycles. The molecule has 7 nitrogen and oxygen atoms in total. The van der Waals surface area contributed by atoms with Crippen molar-refractivity contribution in [2.75, 3.05) is 0 Å².